The number of nitrogens with one attached hydrogen (secondary N) is 1. The number of β-lactam (4-membered cyclic amide) rings is 1. The molecule has 174 valence electrons. The Morgan fingerprint density at radius 1 is 1.41 bits per heavy atom. The molecule has 0 aliphatic carbocycles. The van der Waals surface area contributed by atoms with Gasteiger partial charge in [0, 0.05) is 16.0 Å². The van der Waals surface area contributed by atoms with Crippen LogP contribution in [0.3, 0.4) is 0 Å². The van der Waals surface area contributed by atoms with E-state index in [9.17, 15) is 19.5 Å². The van der Waals surface area contributed by atoms with E-state index in [-0.39, 0.29) is 53.2 Å². The minimum atomic E-state index is -1.21. The molecule has 1 unspecified atom stereocenters. The number of oxime groups is 1. The number of carbonyl (C=O) groups is 3. The number of thioether (sulfide) groups is 1. The summed E-state index contributed by atoms with van der Waals surface area (Å²) in [7, 11) is 1.28. The van der Waals surface area contributed by atoms with Crippen LogP contribution in [-0.2, 0) is 19.2 Å². The summed E-state index contributed by atoms with van der Waals surface area (Å²) >= 11 is 3.94. The van der Waals surface area contributed by atoms with Gasteiger partial charge < -0.3 is 22.4 Å². The molecule has 1 saturated heterocycles. The fraction of sp³-hybridized carbons (Fsp3) is 0.263. The van der Waals surface area contributed by atoms with Crippen molar-refractivity contribution < 1.29 is 55.3 Å². The maximum Gasteiger partial charge on any atom is 1.00 e. The molecule has 4 heterocycles. The Kier molecular flexibility index (Phi) is 8.54. The zero-order valence-electron chi connectivity index (χ0n) is 19.3. The topological polar surface area (TPSA) is 160 Å². The number of hydrogen-bond donors (Lipinski definition) is 3. The molecule has 2 aromatic rings. The number of aliphatic carboxylic acids is 1. The predicted molar refractivity (Wildman–Crippen MR) is 127 cm³/mol. The molecule has 0 radical (unpaired) electrons. The van der Waals surface area contributed by atoms with E-state index >= 15 is 0 Å². The van der Waals surface area contributed by atoms with E-state index in [1.54, 1.807) is 23.0 Å². The number of rotatable bonds is 7. The summed E-state index contributed by atoms with van der Waals surface area (Å²) in [6, 6.07) is -0.913. The van der Waals surface area contributed by atoms with Crippen LogP contribution in [0.5, 0.6) is 0 Å². The van der Waals surface area contributed by atoms with Crippen molar-refractivity contribution in [1.29, 1.82) is 0 Å². The molecule has 2 atom stereocenters. The van der Waals surface area contributed by atoms with E-state index in [1.165, 1.54) is 35.1 Å². The van der Waals surface area contributed by atoms with Gasteiger partial charge in [0.05, 0.1) is 11.2 Å². The zero-order valence-corrected chi connectivity index (χ0v) is 22.8. The number of nitrogens with zero attached hydrogens (tertiary/aromatic N) is 4. The molecule has 0 aromatic carbocycles. The average molecular weight is 531 g/mol. The molecular formula is C19H19N6NaO5S3. The van der Waals surface area contributed by atoms with E-state index in [1.807, 2.05) is 6.92 Å². The van der Waals surface area contributed by atoms with Gasteiger partial charge in [-0.25, -0.2) is 14.8 Å². The Morgan fingerprint density at radius 2 is 2.18 bits per heavy atom. The van der Waals surface area contributed by atoms with Crippen molar-refractivity contribution in [3.8, 4) is 0 Å². The Hall–Kier alpha value is -2.23. The van der Waals surface area contributed by atoms with E-state index in [4.69, 9.17) is 10.6 Å². The van der Waals surface area contributed by atoms with Gasteiger partial charge in [-0.3, -0.25) is 14.5 Å². The number of thiazole rings is 2. The molecule has 2 amide bonds. The molecule has 0 spiro atoms. The van der Waals surface area contributed by atoms with Gasteiger partial charge in [-0.05, 0) is 18.6 Å². The second kappa shape index (κ2) is 11.0. The average Bonchev–Trinajstić information content (AvgIpc) is 3.40. The van der Waals surface area contributed by atoms with Crippen LogP contribution in [0.25, 0.3) is 6.08 Å². The summed E-state index contributed by atoms with van der Waals surface area (Å²) in [6.45, 7) is 1.86. The van der Waals surface area contributed by atoms with Crippen molar-refractivity contribution in [2.45, 2.75) is 18.3 Å². The van der Waals surface area contributed by atoms with E-state index in [0.717, 1.165) is 21.9 Å². The number of aryl methyl sites for hydroxylation is 1. The maximum atomic E-state index is 12.9. The van der Waals surface area contributed by atoms with Crippen LogP contribution in [0, 0.1) is 6.92 Å². The molecule has 2 aliphatic heterocycles. The minimum absolute atomic E-state index is 0. The number of fused-ring (bicyclic) bond motifs is 1. The predicted octanol–water partition coefficient (Wildman–Crippen LogP) is -1.59. The Morgan fingerprint density at radius 3 is 2.76 bits per heavy atom. The number of nitrogen functional groups attached to an aromatic ring is 1. The molecular weight excluding hydrogens is 511 g/mol. The second-order valence-electron chi connectivity index (χ2n) is 6.87. The van der Waals surface area contributed by atoms with Crippen molar-refractivity contribution in [3.63, 3.8) is 0 Å². The summed E-state index contributed by atoms with van der Waals surface area (Å²) in [4.78, 5) is 52.7. The van der Waals surface area contributed by atoms with Gasteiger partial charge in [0.1, 0.15) is 29.9 Å². The number of aromatic nitrogens is 2. The number of anilines is 1. The van der Waals surface area contributed by atoms with E-state index in [0.29, 0.717) is 11.3 Å². The third-order valence-electron chi connectivity index (χ3n) is 4.87. The SMILES string of the molecule is CO/N=C(/C(=O)NC1C(=O)N2C(C(=O)O)=C(/C=C/c3scnc3C)CS[C@H]12)c1csc(N)n1.[H-].[Na+]. The molecule has 4 rings (SSSR count). The number of carboxylic acid groups (broad SMARTS) is 1. The van der Waals surface area contributed by atoms with Gasteiger partial charge in [0.2, 0.25) is 0 Å². The van der Waals surface area contributed by atoms with Crippen LogP contribution in [0.4, 0.5) is 5.13 Å². The maximum absolute atomic E-state index is 12.9. The first-order valence-electron chi connectivity index (χ1n) is 9.44. The molecule has 2 aliphatic rings. The van der Waals surface area contributed by atoms with Crippen LogP contribution in [0.1, 0.15) is 17.7 Å². The summed E-state index contributed by atoms with van der Waals surface area (Å²) in [5.74, 6) is -2.04. The van der Waals surface area contributed by atoms with Gasteiger partial charge in [0.25, 0.3) is 11.8 Å². The number of allylic oxidation sites excluding steroid dienone is 1. The molecule has 0 saturated carbocycles. The summed E-state index contributed by atoms with van der Waals surface area (Å²) in [5, 5.41) is 17.4. The van der Waals surface area contributed by atoms with E-state index in [2.05, 4.69) is 20.4 Å². The number of carbonyl (C=O) groups excluding carboxylic acids is 2. The molecule has 15 heteroatoms. The first-order valence-corrected chi connectivity index (χ1v) is 12.2. The van der Waals surface area contributed by atoms with Crippen LogP contribution in [0.15, 0.2) is 33.4 Å². The van der Waals surface area contributed by atoms with Crippen molar-refractivity contribution in [2.24, 2.45) is 5.16 Å². The zero-order chi connectivity index (χ0) is 23.7. The third-order valence-corrected chi connectivity index (χ3v) is 7.74. The minimum Gasteiger partial charge on any atom is -1.00 e. The van der Waals surface area contributed by atoms with Crippen molar-refractivity contribution in [1.82, 2.24) is 20.2 Å². The van der Waals surface area contributed by atoms with Crippen molar-refractivity contribution in [2.75, 3.05) is 18.6 Å². The number of nitrogens with two attached hydrogens (primary N) is 1. The summed E-state index contributed by atoms with van der Waals surface area (Å²) in [5.41, 5.74) is 8.68. The van der Waals surface area contributed by atoms with Crippen LogP contribution in [0.2, 0.25) is 0 Å². The molecule has 0 bridgehead atoms. The van der Waals surface area contributed by atoms with Gasteiger partial charge in [-0.1, -0.05) is 11.2 Å². The number of hydrogen-bond acceptors (Lipinski definition) is 11. The Labute approximate surface area is 229 Å². The first-order chi connectivity index (χ1) is 15.8. The molecule has 1 fully saturated rings. The molecule has 4 N–H and O–H groups in total. The molecule has 11 nitrogen and oxygen atoms in total. The summed E-state index contributed by atoms with van der Waals surface area (Å²) in [6.07, 6.45) is 3.49. The van der Waals surface area contributed by atoms with Crippen molar-refractivity contribution in [3.05, 3.63) is 44.5 Å². The summed E-state index contributed by atoms with van der Waals surface area (Å²) < 4.78 is 0. The van der Waals surface area contributed by atoms with Gasteiger partial charge in [-0.15, -0.1) is 34.4 Å². The fourth-order valence-electron chi connectivity index (χ4n) is 3.32. The Bertz CT molecular complexity index is 1230. The van der Waals surface area contributed by atoms with Crippen molar-refractivity contribution >= 4 is 69.1 Å². The number of carboxylic acids is 1. The molecule has 2 aromatic heterocycles. The van der Waals surface area contributed by atoms with Gasteiger partial charge in [-0.2, -0.15) is 0 Å². The van der Waals surface area contributed by atoms with Crippen LogP contribution < -0.4 is 40.6 Å². The largest absolute Gasteiger partial charge is 1.00 e. The molecule has 34 heavy (non-hydrogen) atoms. The standard InChI is InChI=1S/C19H18N6O5S3.Na.H/c1-8-11(33-7-21-8)4-3-9-5-31-17-13(16(27)25(17)14(9)18(28)29)23-15(26)12(24-30-2)10-6-32-19(20)22-10;;/h3-4,6-7,13,17H,5H2,1-2H3,(H2,20,22)(H,23,26)(H,28,29);;/q;+1;-1/b4-3+,24-12+;;/t13?,17-;;/m1../s1. The van der Waals surface area contributed by atoms with Gasteiger partial charge in [0.15, 0.2) is 10.8 Å². The van der Waals surface area contributed by atoms with Crippen LogP contribution in [-0.4, -0.2) is 67.7 Å². The Balaban J connectivity index is 0.00000216. The van der Waals surface area contributed by atoms with E-state index < -0.39 is 29.2 Å². The third kappa shape index (κ3) is 5.06. The second-order valence-corrected chi connectivity index (χ2v) is 9.75. The quantitative estimate of drug-likeness (QED) is 0.166. The number of amides is 2. The van der Waals surface area contributed by atoms with Crippen LogP contribution >= 0.6 is 34.4 Å². The monoisotopic (exact) mass is 530 g/mol. The smallest absolute Gasteiger partial charge is 1.00 e. The fourth-order valence-corrected chi connectivity index (χ4v) is 5.88. The van der Waals surface area contributed by atoms with Gasteiger partial charge >= 0.3 is 35.5 Å². The first kappa shape index (κ1) is 26.4. The normalized spacial score (nSPS) is 20.0.